The zero-order valence-corrected chi connectivity index (χ0v) is 8.40. The molecule has 0 aliphatic heterocycles. The minimum Gasteiger partial charge on any atom is -0.324 e. The topological polar surface area (TPSA) is 38.9 Å². The Hall–Kier alpha value is -0.890. The molecule has 0 saturated carbocycles. The van der Waals surface area contributed by atoms with E-state index in [4.69, 9.17) is 5.73 Å². The second kappa shape index (κ2) is 4.97. The predicted octanol–water partition coefficient (Wildman–Crippen LogP) is 2.52. The Morgan fingerprint density at radius 3 is 2.85 bits per heavy atom. The fourth-order valence-electron chi connectivity index (χ4n) is 1.33. The maximum absolute atomic E-state index is 6.03. The Kier molecular flexibility index (Phi) is 3.90. The molecule has 2 atom stereocenters. The highest BCUT2D eigenvalue weighted by Crippen LogP contribution is 2.19. The van der Waals surface area contributed by atoms with Crippen molar-refractivity contribution in [2.45, 2.75) is 32.7 Å². The smallest absolute Gasteiger partial charge is 0.0315 e. The first-order valence-corrected chi connectivity index (χ1v) is 4.89. The molecule has 72 valence electrons. The van der Waals surface area contributed by atoms with E-state index in [1.165, 1.54) is 6.42 Å². The maximum Gasteiger partial charge on any atom is 0.0315 e. The Labute approximate surface area is 80.2 Å². The summed E-state index contributed by atoms with van der Waals surface area (Å²) >= 11 is 0. The molecule has 2 unspecified atom stereocenters. The fraction of sp³-hybridized carbons (Fsp3) is 0.545. The lowest BCUT2D eigenvalue weighted by atomic mass is 9.96. The molecule has 13 heavy (non-hydrogen) atoms. The Morgan fingerprint density at radius 1 is 1.54 bits per heavy atom. The van der Waals surface area contributed by atoms with Crippen LogP contribution in [0.3, 0.4) is 0 Å². The number of nitrogens with zero attached hydrogens (tertiary/aromatic N) is 1. The van der Waals surface area contributed by atoms with Gasteiger partial charge in [0, 0.05) is 18.4 Å². The highest BCUT2D eigenvalue weighted by molar-refractivity contribution is 5.12. The lowest BCUT2D eigenvalue weighted by Crippen LogP contribution is -2.13. The van der Waals surface area contributed by atoms with Crippen molar-refractivity contribution in [2.24, 2.45) is 11.7 Å². The van der Waals surface area contributed by atoms with Crippen LogP contribution in [-0.4, -0.2) is 4.98 Å². The summed E-state index contributed by atoms with van der Waals surface area (Å²) in [5.41, 5.74) is 7.17. The van der Waals surface area contributed by atoms with Gasteiger partial charge in [0.15, 0.2) is 0 Å². The normalized spacial score (nSPS) is 15.3. The second-order valence-corrected chi connectivity index (χ2v) is 3.64. The third-order valence-corrected chi connectivity index (χ3v) is 2.47. The fourth-order valence-corrected chi connectivity index (χ4v) is 1.33. The zero-order valence-electron chi connectivity index (χ0n) is 8.40. The van der Waals surface area contributed by atoms with Crippen LogP contribution in [0.4, 0.5) is 0 Å². The zero-order chi connectivity index (χ0) is 9.68. The summed E-state index contributed by atoms with van der Waals surface area (Å²) in [6, 6.07) is 4.12. The number of hydrogen-bond acceptors (Lipinski definition) is 2. The average Bonchev–Trinajstić information content (AvgIpc) is 2.19. The highest BCUT2D eigenvalue weighted by Gasteiger charge is 2.09. The standard InChI is InChI=1S/C11H18N2/c1-3-9(2)7-11(12)10-5-4-6-13-8-10/h4-6,8-9,11H,3,7,12H2,1-2H3. The number of hydrogen-bond donors (Lipinski definition) is 1. The number of nitrogens with two attached hydrogens (primary N) is 1. The Morgan fingerprint density at radius 2 is 2.31 bits per heavy atom. The van der Waals surface area contributed by atoms with Gasteiger partial charge in [0.1, 0.15) is 0 Å². The summed E-state index contributed by atoms with van der Waals surface area (Å²) < 4.78 is 0. The molecular weight excluding hydrogens is 160 g/mol. The van der Waals surface area contributed by atoms with Gasteiger partial charge in [-0.3, -0.25) is 4.98 Å². The molecule has 0 amide bonds. The third-order valence-electron chi connectivity index (χ3n) is 2.47. The van der Waals surface area contributed by atoms with Crippen LogP contribution in [0.25, 0.3) is 0 Å². The SMILES string of the molecule is CCC(C)CC(N)c1cccnc1. The van der Waals surface area contributed by atoms with Gasteiger partial charge >= 0.3 is 0 Å². The molecule has 0 radical (unpaired) electrons. The summed E-state index contributed by atoms with van der Waals surface area (Å²) in [5, 5.41) is 0. The predicted molar refractivity (Wildman–Crippen MR) is 55.2 cm³/mol. The van der Waals surface area contributed by atoms with Crippen molar-refractivity contribution in [3.8, 4) is 0 Å². The van der Waals surface area contributed by atoms with Crippen LogP contribution in [0.5, 0.6) is 0 Å². The van der Waals surface area contributed by atoms with Gasteiger partial charge < -0.3 is 5.73 Å². The molecular formula is C11H18N2. The van der Waals surface area contributed by atoms with Crippen LogP contribution >= 0.6 is 0 Å². The minimum absolute atomic E-state index is 0.142. The van der Waals surface area contributed by atoms with Crippen molar-refractivity contribution >= 4 is 0 Å². The van der Waals surface area contributed by atoms with E-state index in [1.807, 2.05) is 18.3 Å². The number of rotatable bonds is 4. The van der Waals surface area contributed by atoms with E-state index in [-0.39, 0.29) is 6.04 Å². The summed E-state index contributed by atoms with van der Waals surface area (Å²) in [6.45, 7) is 4.43. The molecule has 0 spiro atoms. The van der Waals surface area contributed by atoms with Crippen LogP contribution in [0, 0.1) is 5.92 Å². The molecule has 2 nitrogen and oxygen atoms in total. The van der Waals surface area contributed by atoms with E-state index >= 15 is 0 Å². The molecule has 0 saturated heterocycles. The molecule has 1 rings (SSSR count). The van der Waals surface area contributed by atoms with Gasteiger partial charge in [-0.15, -0.1) is 0 Å². The van der Waals surface area contributed by atoms with Gasteiger partial charge in [0.25, 0.3) is 0 Å². The summed E-state index contributed by atoms with van der Waals surface area (Å²) in [4.78, 5) is 4.06. The summed E-state index contributed by atoms with van der Waals surface area (Å²) in [5.74, 6) is 0.690. The number of aromatic nitrogens is 1. The van der Waals surface area contributed by atoms with Crippen molar-refractivity contribution < 1.29 is 0 Å². The van der Waals surface area contributed by atoms with E-state index in [0.717, 1.165) is 12.0 Å². The first kappa shape index (κ1) is 10.2. The van der Waals surface area contributed by atoms with Gasteiger partial charge in [-0.1, -0.05) is 26.3 Å². The van der Waals surface area contributed by atoms with E-state index < -0.39 is 0 Å². The second-order valence-electron chi connectivity index (χ2n) is 3.64. The van der Waals surface area contributed by atoms with Gasteiger partial charge in [-0.2, -0.15) is 0 Å². The van der Waals surface area contributed by atoms with Gasteiger partial charge in [-0.05, 0) is 24.0 Å². The molecule has 0 fully saturated rings. The average molecular weight is 178 g/mol. The van der Waals surface area contributed by atoms with Crippen LogP contribution in [0.1, 0.15) is 38.3 Å². The van der Waals surface area contributed by atoms with Crippen LogP contribution < -0.4 is 5.73 Å². The Balaban J connectivity index is 2.53. The lowest BCUT2D eigenvalue weighted by molar-refractivity contribution is 0.461. The molecule has 2 heteroatoms. The molecule has 1 aromatic heterocycles. The van der Waals surface area contributed by atoms with Crippen molar-refractivity contribution in [1.82, 2.24) is 4.98 Å². The van der Waals surface area contributed by atoms with E-state index in [1.54, 1.807) is 6.20 Å². The number of pyridine rings is 1. The van der Waals surface area contributed by atoms with Gasteiger partial charge in [0.2, 0.25) is 0 Å². The molecule has 0 aromatic carbocycles. The third kappa shape index (κ3) is 3.15. The minimum atomic E-state index is 0.142. The van der Waals surface area contributed by atoms with E-state index in [2.05, 4.69) is 18.8 Å². The van der Waals surface area contributed by atoms with Gasteiger partial charge in [-0.25, -0.2) is 0 Å². The van der Waals surface area contributed by atoms with Crippen molar-refractivity contribution in [2.75, 3.05) is 0 Å². The first-order chi connectivity index (χ1) is 6.24. The highest BCUT2D eigenvalue weighted by atomic mass is 14.7. The van der Waals surface area contributed by atoms with E-state index in [9.17, 15) is 0 Å². The maximum atomic E-state index is 6.03. The van der Waals surface area contributed by atoms with Crippen molar-refractivity contribution in [3.63, 3.8) is 0 Å². The monoisotopic (exact) mass is 178 g/mol. The largest absolute Gasteiger partial charge is 0.324 e. The molecule has 0 aliphatic carbocycles. The first-order valence-electron chi connectivity index (χ1n) is 4.89. The molecule has 1 heterocycles. The summed E-state index contributed by atoms with van der Waals surface area (Å²) in [6.07, 6.45) is 5.86. The molecule has 1 aromatic rings. The summed E-state index contributed by atoms with van der Waals surface area (Å²) in [7, 11) is 0. The van der Waals surface area contributed by atoms with Crippen molar-refractivity contribution in [1.29, 1.82) is 0 Å². The van der Waals surface area contributed by atoms with Crippen LogP contribution in [0.2, 0.25) is 0 Å². The van der Waals surface area contributed by atoms with Crippen molar-refractivity contribution in [3.05, 3.63) is 30.1 Å². The van der Waals surface area contributed by atoms with Crippen LogP contribution in [0.15, 0.2) is 24.5 Å². The van der Waals surface area contributed by atoms with E-state index in [0.29, 0.717) is 5.92 Å². The quantitative estimate of drug-likeness (QED) is 0.769. The van der Waals surface area contributed by atoms with Gasteiger partial charge in [0.05, 0.1) is 0 Å². The lowest BCUT2D eigenvalue weighted by Gasteiger charge is -2.15. The Bertz CT molecular complexity index is 233. The van der Waals surface area contributed by atoms with Crippen LogP contribution in [-0.2, 0) is 0 Å². The molecule has 0 bridgehead atoms. The molecule has 2 N–H and O–H groups in total. The molecule has 0 aliphatic rings.